The molecule has 2 atom stereocenters. The molecule has 1 aliphatic carbocycles. The summed E-state index contributed by atoms with van der Waals surface area (Å²) in [5.74, 6) is 2.00. The molecule has 1 aromatic carbocycles. The number of thioether (sulfide) groups is 1. The Kier molecular flexibility index (Phi) is 5.37. The van der Waals surface area contributed by atoms with Gasteiger partial charge in [0.1, 0.15) is 5.78 Å². The maximum atomic E-state index is 12.1. The molecule has 1 aromatic rings. The summed E-state index contributed by atoms with van der Waals surface area (Å²) in [6.45, 7) is 2.30. The van der Waals surface area contributed by atoms with Gasteiger partial charge in [-0.05, 0) is 44.4 Å². The van der Waals surface area contributed by atoms with E-state index in [0.717, 1.165) is 31.6 Å². The normalized spacial score (nSPS) is 27.1. The van der Waals surface area contributed by atoms with E-state index < -0.39 is 0 Å². The third-order valence-electron chi connectivity index (χ3n) is 4.87. The zero-order chi connectivity index (χ0) is 14.5. The van der Waals surface area contributed by atoms with E-state index in [0.29, 0.717) is 17.7 Å². The van der Waals surface area contributed by atoms with Crippen molar-refractivity contribution in [2.75, 3.05) is 18.8 Å². The van der Waals surface area contributed by atoms with E-state index in [1.807, 2.05) is 11.8 Å². The second kappa shape index (κ2) is 7.46. The van der Waals surface area contributed by atoms with Crippen LogP contribution in [0.3, 0.4) is 0 Å². The predicted molar refractivity (Wildman–Crippen MR) is 88.7 cm³/mol. The lowest BCUT2D eigenvalue weighted by molar-refractivity contribution is -0.123. The highest BCUT2D eigenvalue weighted by Gasteiger charge is 2.36. The van der Waals surface area contributed by atoms with Crippen LogP contribution >= 0.6 is 11.8 Å². The molecule has 3 heteroatoms. The second-order valence-electron chi connectivity index (χ2n) is 6.23. The van der Waals surface area contributed by atoms with Crippen molar-refractivity contribution in [3.8, 4) is 0 Å². The smallest absolute Gasteiger partial charge is 0.137 e. The van der Waals surface area contributed by atoms with Gasteiger partial charge in [-0.1, -0.05) is 24.6 Å². The van der Waals surface area contributed by atoms with Gasteiger partial charge in [-0.3, -0.25) is 9.69 Å². The van der Waals surface area contributed by atoms with E-state index >= 15 is 0 Å². The van der Waals surface area contributed by atoms with Crippen LogP contribution in [0.2, 0.25) is 0 Å². The Bertz CT molecular complexity index is 462. The topological polar surface area (TPSA) is 20.3 Å². The number of nitrogens with zero attached hydrogens (tertiary/aromatic N) is 1. The summed E-state index contributed by atoms with van der Waals surface area (Å²) in [5.41, 5.74) is 0. The Labute approximate surface area is 132 Å². The van der Waals surface area contributed by atoms with Gasteiger partial charge < -0.3 is 0 Å². The standard InChI is InChI=1S/C18H25NOS/c20-18-11-6-9-16(18)17-10-4-5-12-19(17)13-14-21-15-7-2-1-3-8-15/h1-3,7-8,16-17H,4-6,9-14H2. The van der Waals surface area contributed by atoms with E-state index in [9.17, 15) is 4.79 Å². The molecule has 1 saturated heterocycles. The number of benzene rings is 1. The average molecular weight is 303 g/mol. The first-order valence-corrected chi connectivity index (χ1v) is 9.28. The van der Waals surface area contributed by atoms with Crippen LogP contribution in [-0.2, 0) is 4.79 Å². The van der Waals surface area contributed by atoms with Crippen molar-refractivity contribution < 1.29 is 4.79 Å². The van der Waals surface area contributed by atoms with Gasteiger partial charge in [-0.2, -0.15) is 0 Å². The lowest BCUT2D eigenvalue weighted by Crippen LogP contribution is -2.46. The number of likely N-dealkylation sites (tertiary alicyclic amines) is 1. The molecule has 0 spiro atoms. The molecule has 114 valence electrons. The van der Waals surface area contributed by atoms with Gasteiger partial charge in [0.05, 0.1) is 0 Å². The Morgan fingerprint density at radius 2 is 1.95 bits per heavy atom. The third kappa shape index (κ3) is 3.89. The molecule has 1 saturated carbocycles. The molecule has 3 rings (SSSR count). The van der Waals surface area contributed by atoms with Crippen LogP contribution < -0.4 is 0 Å². The highest BCUT2D eigenvalue weighted by molar-refractivity contribution is 7.99. The Balaban J connectivity index is 1.53. The van der Waals surface area contributed by atoms with Crippen molar-refractivity contribution >= 4 is 17.5 Å². The van der Waals surface area contributed by atoms with E-state index in [1.54, 1.807) is 0 Å². The number of carbonyl (C=O) groups excluding carboxylic acids is 1. The lowest BCUT2D eigenvalue weighted by Gasteiger charge is -2.38. The minimum Gasteiger partial charge on any atom is -0.299 e. The van der Waals surface area contributed by atoms with Gasteiger partial charge in [-0.25, -0.2) is 0 Å². The number of carbonyl (C=O) groups is 1. The summed E-state index contributed by atoms with van der Waals surface area (Å²) < 4.78 is 0. The summed E-state index contributed by atoms with van der Waals surface area (Å²) in [5, 5.41) is 0. The molecule has 1 heterocycles. The summed E-state index contributed by atoms with van der Waals surface area (Å²) in [6.07, 6.45) is 6.91. The zero-order valence-corrected chi connectivity index (χ0v) is 13.5. The van der Waals surface area contributed by atoms with Gasteiger partial charge in [0.25, 0.3) is 0 Å². The first kappa shape index (κ1) is 15.1. The van der Waals surface area contributed by atoms with Crippen LogP contribution in [0.15, 0.2) is 35.2 Å². The maximum absolute atomic E-state index is 12.1. The van der Waals surface area contributed by atoms with Crippen molar-refractivity contribution in [1.29, 1.82) is 0 Å². The summed E-state index contributed by atoms with van der Waals surface area (Å²) in [4.78, 5) is 16.0. The number of ketones is 1. The first-order valence-electron chi connectivity index (χ1n) is 8.29. The number of hydrogen-bond donors (Lipinski definition) is 0. The number of rotatable bonds is 5. The quantitative estimate of drug-likeness (QED) is 0.767. The zero-order valence-electron chi connectivity index (χ0n) is 12.7. The molecule has 2 fully saturated rings. The second-order valence-corrected chi connectivity index (χ2v) is 7.39. The fourth-order valence-electron chi connectivity index (χ4n) is 3.80. The molecule has 2 unspecified atom stereocenters. The molecule has 2 aliphatic rings. The van der Waals surface area contributed by atoms with Gasteiger partial charge in [-0.15, -0.1) is 11.8 Å². The molecule has 2 nitrogen and oxygen atoms in total. The molecule has 0 aromatic heterocycles. The molecule has 0 N–H and O–H groups in total. The molecule has 1 aliphatic heterocycles. The summed E-state index contributed by atoms with van der Waals surface area (Å²) >= 11 is 1.93. The third-order valence-corrected chi connectivity index (χ3v) is 5.86. The average Bonchev–Trinajstić information content (AvgIpc) is 2.95. The van der Waals surface area contributed by atoms with Gasteiger partial charge >= 0.3 is 0 Å². The summed E-state index contributed by atoms with van der Waals surface area (Å²) in [7, 11) is 0. The molecule has 21 heavy (non-hydrogen) atoms. The van der Waals surface area contributed by atoms with E-state index in [-0.39, 0.29) is 0 Å². The van der Waals surface area contributed by atoms with Crippen LogP contribution in [0.5, 0.6) is 0 Å². The molecule has 0 amide bonds. The van der Waals surface area contributed by atoms with Crippen LogP contribution in [0, 0.1) is 5.92 Å². The van der Waals surface area contributed by atoms with E-state index in [2.05, 4.69) is 35.2 Å². The lowest BCUT2D eigenvalue weighted by atomic mass is 9.88. The van der Waals surface area contributed by atoms with Crippen molar-refractivity contribution in [3.63, 3.8) is 0 Å². The number of Topliss-reactive ketones (excluding diaryl/α,β-unsaturated/α-hetero) is 1. The van der Waals surface area contributed by atoms with Crippen LogP contribution in [0.4, 0.5) is 0 Å². The van der Waals surface area contributed by atoms with Crippen LogP contribution in [0.1, 0.15) is 38.5 Å². The predicted octanol–water partition coefficient (Wildman–Crippen LogP) is 4.00. The molecular formula is C18H25NOS. The first-order chi connectivity index (χ1) is 10.3. The Morgan fingerprint density at radius 1 is 1.10 bits per heavy atom. The van der Waals surface area contributed by atoms with Crippen molar-refractivity contribution in [3.05, 3.63) is 30.3 Å². The molecular weight excluding hydrogens is 278 g/mol. The SMILES string of the molecule is O=C1CCCC1C1CCCCN1CCSc1ccccc1. The monoisotopic (exact) mass is 303 g/mol. The highest BCUT2D eigenvalue weighted by Crippen LogP contribution is 2.32. The molecule has 0 radical (unpaired) electrons. The number of piperidine rings is 1. The minimum atomic E-state index is 0.340. The molecule has 0 bridgehead atoms. The van der Waals surface area contributed by atoms with E-state index in [1.165, 1.54) is 30.7 Å². The Hall–Kier alpha value is -0.800. The Morgan fingerprint density at radius 3 is 2.71 bits per heavy atom. The summed E-state index contributed by atoms with van der Waals surface area (Å²) in [6, 6.07) is 11.2. The largest absolute Gasteiger partial charge is 0.299 e. The van der Waals surface area contributed by atoms with Crippen molar-refractivity contribution in [2.45, 2.75) is 49.5 Å². The van der Waals surface area contributed by atoms with Crippen molar-refractivity contribution in [1.82, 2.24) is 4.90 Å². The van der Waals surface area contributed by atoms with Gasteiger partial charge in [0, 0.05) is 35.6 Å². The van der Waals surface area contributed by atoms with Gasteiger partial charge in [0.2, 0.25) is 0 Å². The minimum absolute atomic E-state index is 0.340. The fraction of sp³-hybridized carbons (Fsp3) is 0.611. The van der Waals surface area contributed by atoms with Crippen LogP contribution in [0.25, 0.3) is 0 Å². The highest BCUT2D eigenvalue weighted by atomic mass is 32.2. The van der Waals surface area contributed by atoms with E-state index in [4.69, 9.17) is 0 Å². The van der Waals surface area contributed by atoms with Gasteiger partial charge in [0.15, 0.2) is 0 Å². The van der Waals surface area contributed by atoms with Crippen molar-refractivity contribution in [2.24, 2.45) is 5.92 Å². The maximum Gasteiger partial charge on any atom is 0.137 e. The fourth-order valence-corrected chi connectivity index (χ4v) is 4.71. The number of hydrogen-bond acceptors (Lipinski definition) is 3. The van der Waals surface area contributed by atoms with Crippen LogP contribution in [-0.4, -0.2) is 35.6 Å².